The number of hydrogen-bond acceptors (Lipinski definition) is 2. The molecule has 0 N–H and O–H groups in total. The maximum atomic E-state index is 11.0. The predicted octanol–water partition coefficient (Wildman–Crippen LogP) is 4.98. The lowest BCUT2D eigenvalue weighted by atomic mass is 9.97. The monoisotopic (exact) mass is 301 g/mol. The van der Waals surface area contributed by atoms with E-state index >= 15 is 0 Å². The third-order valence-electron chi connectivity index (χ3n) is 3.84. The molecule has 2 rings (SSSR count). The van der Waals surface area contributed by atoms with Gasteiger partial charge in [-0.3, -0.25) is 10.1 Å². The van der Waals surface area contributed by atoms with Crippen molar-refractivity contribution in [3.8, 4) is 0 Å². The Labute approximate surface area is 123 Å². The molecule has 0 amide bonds. The minimum Gasteiger partial charge on any atom is -0.258 e. The van der Waals surface area contributed by atoms with E-state index in [2.05, 4.69) is 0 Å². The Hall–Kier alpha value is -0.800. The zero-order chi connectivity index (χ0) is 13.8. The van der Waals surface area contributed by atoms with Gasteiger partial charge in [0, 0.05) is 22.0 Å². The molecule has 0 bridgehead atoms. The first-order valence-corrected chi connectivity index (χ1v) is 7.46. The maximum absolute atomic E-state index is 11.0. The lowest BCUT2D eigenvalue weighted by molar-refractivity contribution is -0.385. The largest absolute Gasteiger partial charge is 0.274 e. The third-order valence-corrected chi connectivity index (χ3v) is 4.65. The smallest absolute Gasteiger partial charge is 0.258 e. The van der Waals surface area contributed by atoms with Gasteiger partial charge in [-0.05, 0) is 37.7 Å². The molecule has 0 spiro atoms. The summed E-state index contributed by atoms with van der Waals surface area (Å²) < 4.78 is 0. The van der Waals surface area contributed by atoms with Crippen molar-refractivity contribution in [2.75, 3.05) is 0 Å². The number of rotatable bonds is 5. The van der Waals surface area contributed by atoms with Crippen LogP contribution in [0.5, 0.6) is 0 Å². The minimum atomic E-state index is -0.375. The molecule has 5 heteroatoms. The van der Waals surface area contributed by atoms with Crippen LogP contribution in [0.1, 0.15) is 37.7 Å². The molecule has 0 aromatic heterocycles. The van der Waals surface area contributed by atoms with Crippen LogP contribution in [-0.4, -0.2) is 10.3 Å². The standard InChI is InChI=1S/C14H17Cl2NO2/c15-12-7-5-11(14(9-12)17(18)19)6-8-13(16)10-3-1-2-4-10/h5,7,9-10,13H,1-4,6,8H2. The van der Waals surface area contributed by atoms with Crippen LogP contribution < -0.4 is 0 Å². The molecule has 1 atom stereocenters. The molecule has 1 aliphatic rings. The van der Waals surface area contributed by atoms with Crippen LogP contribution in [0, 0.1) is 16.0 Å². The second-order valence-electron chi connectivity index (χ2n) is 5.13. The number of alkyl halides is 1. The molecule has 0 heterocycles. The van der Waals surface area contributed by atoms with E-state index in [-0.39, 0.29) is 16.0 Å². The van der Waals surface area contributed by atoms with Crippen molar-refractivity contribution in [2.24, 2.45) is 5.92 Å². The van der Waals surface area contributed by atoms with Crippen molar-refractivity contribution in [3.05, 3.63) is 38.9 Å². The van der Waals surface area contributed by atoms with Gasteiger partial charge < -0.3 is 0 Å². The number of nitrogens with zero attached hydrogens (tertiary/aromatic N) is 1. The molecule has 0 radical (unpaired) electrons. The third kappa shape index (κ3) is 3.83. The first-order valence-electron chi connectivity index (χ1n) is 6.65. The topological polar surface area (TPSA) is 43.1 Å². The number of aryl methyl sites for hydroxylation is 1. The summed E-state index contributed by atoms with van der Waals surface area (Å²) in [7, 11) is 0. The Bertz CT molecular complexity index is 459. The molecule has 1 fully saturated rings. The van der Waals surface area contributed by atoms with Crippen LogP contribution in [0.4, 0.5) is 5.69 Å². The van der Waals surface area contributed by atoms with Crippen molar-refractivity contribution in [1.29, 1.82) is 0 Å². The number of hydrogen-bond donors (Lipinski definition) is 0. The summed E-state index contributed by atoms with van der Waals surface area (Å²) in [6, 6.07) is 4.84. The van der Waals surface area contributed by atoms with E-state index in [1.165, 1.54) is 31.7 Å². The van der Waals surface area contributed by atoms with E-state index in [0.29, 0.717) is 17.4 Å². The number of halogens is 2. The van der Waals surface area contributed by atoms with Gasteiger partial charge >= 0.3 is 0 Å². The van der Waals surface area contributed by atoms with E-state index in [1.807, 2.05) is 0 Å². The Morgan fingerprint density at radius 2 is 2.05 bits per heavy atom. The molecule has 3 nitrogen and oxygen atoms in total. The number of benzene rings is 1. The summed E-state index contributed by atoms with van der Waals surface area (Å²) in [6.07, 6.45) is 6.32. The van der Waals surface area contributed by atoms with Crippen LogP contribution in [0.2, 0.25) is 5.02 Å². The van der Waals surface area contributed by atoms with Gasteiger partial charge in [0.1, 0.15) is 0 Å². The van der Waals surface area contributed by atoms with E-state index < -0.39 is 0 Å². The summed E-state index contributed by atoms with van der Waals surface area (Å²) in [5.41, 5.74) is 0.820. The Morgan fingerprint density at radius 1 is 1.37 bits per heavy atom. The van der Waals surface area contributed by atoms with Gasteiger partial charge in [0.2, 0.25) is 0 Å². The Morgan fingerprint density at radius 3 is 2.68 bits per heavy atom. The van der Waals surface area contributed by atoms with Gasteiger partial charge in [-0.2, -0.15) is 0 Å². The molecule has 104 valence electrons. The Kier molecular flexibility index (Phi) is 5.06. The van der Waals surface area contributed by atoms with E-state index in [0.717, 1.165) is 12.0 Å². The summed E-state index contributed by atoms with van der Waals surface area (Å²) in [6.45, 7) is 0. The highest BCUT2D eigenvalue weighted by molar-refractivity contribution is 6.30. The van der Waals surface area contributed by atoms with E-state index in [1.54, 1.807) is 12.1 Å². The van der Waals surface area contributed by atoms with Crippen molar-refractivity contribution in [2.45, 2.75) is 43.9 Å². The van der Waals surface area contributed by atoms with Crippen LogP contribution in [-0.2, 0) is 6.42 Å². The molecule has 0 aliphatic heterocycles. The van der Waals surface area contributed by atoms with Gasteiger partial charge in [-0.25, -0.2) is 0 Å². The highest BCUT2D eigenvalue weighted by atomic mass is 35.5. The van der Waals surface area contributed by atoms with Crippen molar-refractivity contribution < 1.29 is 4.92 Å². The van der Waals surface area contributed by atoms with Crippen LogP contribution in [0.25, 0.3) is 0 Å². The zero-order valence-electron chi connectivity index (χ0n) is 10.6. The highest BCUT2D eigenvalue weighted by Gasteiger charge is 2.24. The first-order chi connectivity index (χ1) is 9.08. The average Bonchev–Trinajstić information content (AvgIpc) is 2.90. The fraction of sp³-hybridized carbons (Fsp3) is 0.571. The summed E-state index contributed by atoms with van der Waals surface area (Å²) in [5, 5.41) is 11.5. The normalized spacial score (nSPS) is 17.6. The van der Waals surface area contributed by atoms with Crippen LogP contribution >= 0.6 is 23.2 Å². The molecular weight excluding hydrogens is 285 g/mol. The summed E-state index contributed by atoms with van der Waals surface area (Å²) in [4.78, 5) is 10.6. The number of nitro benzene ring substituents is 1. The predicted molar refractivity (Wildman–Crippen MR) is 78.0 cm³/mol. The SMILES string of the molecule is O=[N+]([O-])c1cc(Cl)ccc1CCC(Cl)C1CCCC1. The maximum Gasteiger partial charge on any atom is 0.274 e. The zero-order valence-corrected chi connectivity index (χ0v) is 12.2. The molecule has 0 saturated heterocycles. The molecule has 1 aliphatic carbocycles. The molecular formula is C14H17Cl2NO2. The van der Waals surface area contributed by atoms with Gasteiger partial charge in [-0.15, -0.1) is 11.6 Å². The average molecular weight is 302 g/mol. The van der Waals surface area contributed by atoms with Gasteiger partial charge in [0.25, 0.3) is 5.69 Å². The molecule has 1 aromatic carbocycles. The van der Waals surface area contributed by atoms with E-state index in [9.17, 15) is 10.1 Å². The van der Waals surface area contributed by atoms with Crippen molar-refractivity contribution >= 4 is 28.9 Å². The Balaban J connectivity index is 2.00. The molecule has 1 aromatic rings. The van der Waals surface area contributed by atoms with Gasteiger partial charge in [0.05, 0.1) is 4.92 Å². The fourth-order valence-corrected chi connectivity index (χ4v) is 3.29. The van der Waals surface area contributed by atoms with Crippen molar-refractivity contribution in [1.82, 2.24) is 0 Å². The minimum absolute atomic E-state index is 0.0998. The molecule has 1 saturated carbocycles. The van der Waals surface area contributed by atoms with E-state index in [4.69, 9.17) is 23.2 Å². The van der Waals surface area contributed by atoms with Crippen LogP contribution in [0.15, 0.2) is 18.2 Å². The fourth-order valence-electron chi connectivity index (χ4n) is 2.77. The highest BCUT2D eigenvalue weighted by Crippen LogP contribution is 2.33. The van der Waals surface area contributed by atoms with Crippen LogP contribution in [0.3, 0.4) is 0 Å². The summed E-state index contributed by atoms with van der Waals surface area (Å²) in [5.74, 6) is 0.577. The second kappa shape index (κ2) is 6.58. The van der Waals surface area contributed by atoms with Gasteiger partial charge in [0.15, 0.2) is 0 Å². The quantitative estimate of drug-likeness (QED) is 0.437. The van der Waals surface area contributed by atoms with Crippen molar-refractivity contribution in [3.63, 3.8) is 0 Å². The molecule has 1 unspecified atom stereocenters. The first kappa shape index (κ1) is 14.6. The molecule has 19 heavy (non-hydrogen) atoms. The van der Waals surface area contributed by atoms with Gasteiger partial charge in [-0.1, -0.05) is 30.5 Å². The lowest BCUT2D eigenvalue weighted by Gasteiger charge is -2.16. The summed E-state index contributed by atoms with van der Waals surface area (Å²) >= 11 is 12.2. The lowest BCUT2D eigenvalue weighted by Crippen LogP contribution is -2.12. The number of nitro groups is 1. The second-order valence-corrected chi connectivity index (χ2v) is 6.13.